The summed E-state index contributed by atoms with van der Waals surface area (Å²) in [7, 11) is 1.52. The van der Waals surface area contributed by atoms with E-state index < -0.39 is 0 Å². The van der Waals surface area contributed by atoms with E-state index in [0.29, 0.717) is 45.7 Å². The number of para-hydroxylation sites is 1. The number of nitrogens with zero attached hydrogens (tertiary/aromatic N) is 2. The maximum absolute atomic E-state index is 13.2. The maximum Gasteiger partial charge on any atom is 0.262 e. The summed E-state index contributed by atoms with van der Waals surface area (Å²) in [6.45, 7) is 2.98. The second-order valence-electron chi connectivity index (χ2n) is 7.60. The van der Waals surface area contributed by atoms with E-state index in [1.165, 1.54) is 18.9 Å². The largest absolute Gasteiger partial charge is 0.495 e. The molecular weight excluding hydrogens is 450 g/mol. The lowest BCUT2D eigenvalue weighted by atomic mass is 10.2. The second kappa shape index (κ2) is 9.94. The zero-order valence-corrected chi connectivity index (χ0v) is 19.5. The van der Waals surface area contributed by atoms with Gasteiger partial charge in [-0.15, -0.1) is 0 Å². The van der Waals surface area contributed by atoms with E-state index in [1.807, 2.05) is 19.1 Å². The maximum atomic E-state index is 13.2. The van der Waals surface area contributed by atoms with Crippen LogP contribution in [0.4, 0.5) is 5.69 Å². The molecule has 1 aliphatic heterocycles. The first-order chi connectivity index (χ1) is 15.5. The molecule has 168 valence electrons. The minimum atomic E-state index is -0.235. The Morgan fingerprint density at radius 2 is 2.19 bits per heavy atom. The van der Waals surface area contributed by atoms with Crippen molar-refractivity contribution in [2.45, 2.75) is 37.6 Å². The highest BCUT2D eigenvalue weighted by Crippen LogP contribution is 2.31. The van der Waals surface area contributed by atoms with E-state index in [1.54, 1.807) is 28.8 Å². The molecule has 0 bridgehead atoms. The van der Waals surface area contributed by atoms with Crippen LogP contribution in [0.1, 0.15) is 18.4 Å². The zero-order chi connectivity index (χ0) is 22.7. The highest BCUT2D eigenvalue weighted by atomic mass is 35.5. The first-order valence-corrected chi connectivity index (χ1v) is 11.7. The topological polar surface area (TPSA) is 82.5 Å². The normalized spacial score (nSPS) is 15.8. The summed E-state index contributed by atoms with van der Waals surface area (Å²) in [5.74, 6) is 0.334. The number of rotatable bonds is 7. The van der Waals surface area contributed by atoms with Gasteiger partial charge in [0.2, 0.25) is 5.91 Å². The van der Waals surface area contributed by atoms with Gasteiger partial charge in [0.1, 0.15) is 5.75 Å². The summed E-state index contributed by atoms with van der Waals surface area (Å²) >= 11 is 7.37. The van der Waals surface area contributed by atoms with Crippen molar-refractivity contribution in [1.82, 2.24) is 9.55 Å². The molecule has 0 spiro atoms. The smallest absolute Gasteiger partial charge is 0.262 e. The fraction of sp³-hybridized carbons (Fsp3) is 0.348. The molecule has 0 aliphatic carbocycles. The van der Waals surface area contributed by atoms with Crippen LogP contribution in [0.25, 0.3) is 10.9 Å². The molecule has 0 saturated carbocycles. The molecule has 3 aromatic rings. The zero-order valence-electron chi connectivity index (χ0n) is 17.9. The number of hydrogen-bond donors (Lipinski definition) is 1. The molecule has 1 saturated heterocycles. The first-order valence-electron chi connectivity index (χ1n) is 10.3. The third-order valence-electron chi connectivity index (χ3n) is 5.32. The summed E-state index contributed by atoms with van der Waals surface area (Å²) in [5, 5.41) is 4.48. The number of thioether (sulfide) groups is 1. The van der Waals surface area contributed by atoms with Gasteiger partial charge in [0.25, 0.3) is 5.56 Å². The Hall–Kier alpha value is -2.55. The average Bonchev–Trinajstić information content (AvgIpc) is 3.30. The molecule has 32 heavy (non-hydrogen) atoms. The highest BCUT2D eigenvalue weighted by Gasteiger charge is 2.21. The molecule has 9 heteroatoms. The van der Waals surface area contributed by atoms with E-state index in [2.05, 4.69) is 10.3 Å². The van der Waals surface area contributed by atoms with Gasteiger partial charge in [-0.05, 0) is 43.5 Å². The van der Waals surface area contributed by atoms with Crippen molar-refractivity contribution >= 4 is 45.9 Å². The molecule has 1 aliphatic rings. The molecule has 1 amide bonds. The van der Waals surface area contributed by atoms with Gasteiger partial charge in [0.15, 0.2) is 5.16 Å². The number of aryl methyl sites for hydroxylation is 1. The standard InChI is InChI=1S/C23H24ClN3O4S/c1-14-10-19(20(30-2)11-17(14)24)25-21(28)13-32-23-26-18-8-4-3-7-16(18)22(29)27(23)12-15-6-5-9-31-15/h3-4,7-8,10-11,15H,5-6,9,12-13H2,1-2H3,(H,25,28). The number of ether oxygens (including phenoxy) is 2. The van der Waals surface area contributed by atoms with E-state index in [9.17, 15) is 9.59 Å². The number of carbonyl (C=O) groups is 1. The third-order valence-corrected chi connectivity index (χ3v) is 6.71. The Kier molecular flexibility index (Phi) is 7.03. The summed E-state index contributed by atoms with van der Waals surface area (Å²) in [6, 6.07) is 10.7. The Morgan fingerprint density at radius 1 is 1.38 bits per heavy atom. The predicted molar refractivity (Wildman–Crippen MR) is 127 cm³/mol. The van der Waals surface area contributed by atoms with Gasteiger partial charge < -0.3 is 14.8 Å². The van der Waals surface area contributed by atoms with Crippen LogP contribution in [-0.2, 0) is 16.1 Å². The number of anilines is 1. The fourth-order valence-electron chi connectivity index (χ4n) is 3.66. The molecule has 4 rings (SSSR count). The fourth-order valence-corrected chi connectivity index (χ4v) is 4.62. The second-order valence-corrected chi connectivity index (χ2v) is 8.95. The molecule has 1 atom stereocenters. The molecule has 1 aromatic heterocycles. The van der Waals surface area contributed by atoms with Gasteiger partial charge in [-0.3, -0.25) is 14.2 Å². The molecule has 0 radical (unpaired) electrons. The highest BCUT2D eigenvalue weighted by molar-refractivity contribution is 7.99. The number of aromatic nitrogens is 2. The predicted octanol–water partition coefficient (Wildman–Crippen LogP) is 4.28. The molecule has 1 N–H and O–H groups in total. The van der Waals surface area contributed by atoms with Gasteiger partial charge in [-0.1, -0.05) is 35.5 Å². The van der Waals surface area contributed by atoms with Crippen LogP contribution in [0.15, 0.2) is 46.3 Å². The lowest BCUT2D eigenvalue weighted by molar-refractivity contribution is -0.113. The Morgan fingerprint density at radius 3 is 2.94 bits per heavy atom. The Labute approximate surface area is 195 Å². The van der Waals surface area contributed by atoms with Crippen molar-refractivity contribution in [2.75, 3.05) is 24.8 Å². The van der Waals surface area contributed by atoms with Crippen molar-refractivity contribution in [3.63, 3.8) is 0 Å². The number of amides is 1. The molecule has 1 unspecified atom stereocenters. The van der Waals surface area contributed by atoms with Crippen LogP contribution in [0.5, 0.6) is 5.75 Å². The monoisotopic (exact) mass is 473 g/mol. The Balaban J connectivity index is 1.56. The van der Waals surface area contributed by atoms with Gasteiger partial charge in [0, 0.05) is 17.7 Å². The van der Waals surface area contributed by atoms with Crippen LogP contribution in [0.2, 0.25) is 5.02 Å². The molecule has 2 heterocycles. The number of hydrogen-bond acceptors (Lipinski definition) is 6. The van der Waals surface area contributed by atoms with Gasteiger partial charge >= 0.3 is 0 Å². The van der Waals surface area contributed by atoms with Crippen LogP contribution in [0.3, 0.4) is 0 Å². The van der Waals surface area contributed by atoms with Gasteiger partial charge in [-0.2, -0.15) is 0 Å². The van der Waals surface area contributed by atoms with E-state index in [0.717, 1.165) is 18.4 Å². The van der Waals surface area contributed by atoms with Crippen molar-refractivity contribution in [2.24, 2.45) is 0 Å². The minimum Gasteiger partial charge on any atom is -0.495 e. The number of carbonyl (C=O) groups excluding carboxylic acids is 1. The van der Waals surface area contributed by atoms with Crippen LogP contribution < -0.4 is 15.6 Å². The SMILES string of the molecule is COc1cc(Cl)c(C)cc1NC(=O)CSc1nc2ccccc2c(=O)n1CC1CCCO1. The lowest BCUT2D eigenvalue weighted by Gasteiger charge is -2.16. The van der Waals surface area contributed by atoms with Crippen molar-refractivity contribution in [1.29, 1.82) is 0 Å². The van der Waals surface area contributed by atoms with E-state index in [4.69, 9.17) is 21.1 Å². The first kappa shape index (κ1) is 22.6. The molecule has 1 fully saturated rings. The summed E-state index contributed by atoms with van der Waals surface area (Å²) in [4.78, 5) is 30.5. The van der Waals surface area contributed by atoms with Crippen molar-refractivity contribution in [3.05, 3.63) is 57.3 Å². The Bertz CT molecular complexity index is 1210. The van der Waals surface area contributed by atoms with Gasteiger partial charge in [-0.25, -0.2) is 4.98 Å². The summed E-state index contributed by atoms with van der Waals surface area (Å²) in [5.41, 5.74) is 1.86. The summed E-state index contributed by atoms with van der Waals surface area (Å²) < 4.78 is 12.7. The average molecular weight is 474 g/mol. The van der Waals surface area contributed by atoms with E-state index in [-0.39, 0.29) is 23.3 Å². The number of halogens is 1. The molecule has 2 aromatic carbocycles. The van der Waals surface area contributed by atoms with Crippen molar-refractivity contribution < 1.29 is 14.3 Å². The van der Waals surface area contributed by atoms with Crippen molar-refractivity contribution in [3.8, 4) is 5.75 Å². The lowest BCUT2D eigenvalue weighted by Crippen LogP contribution is -2.29. The van der Waals surface area contributed by atoms with Crippen LogP contribution >= 0.6 is 23.4 Å². The molecule has 7 nitrogen and oxygen atoms in total. The summed E-state index contributed by atoms with van der Waals surface area (Å²) in [6.07, 6.45) is 1.86. The van der Waals surface area contributed by atoms with Gasteiger partial charge in [0.05, 0.1) is 42.1 Å². The number of benzene rings is 2. The van der Waals surface area contributed by atoms with Crippen LogP contribution in [-0.4, -0.2) is 41.0 Å². The number of fused-ring (bicyclic) bond motifs is 1. The molecular formula is C23H24ClN3O4S. The quantitative estimate of drug-likeness (QED) is 0.407. The minimum absolute atomic E-state index is 0.0230. The van der Waals surface area contributed by atoms with E-state index >= 15 is 0 Å². The number of nitrogens with one attached hydrogen (secondary N) is 1. The third kappa shape index (κ3) is 4.92. The number of methoxy groups -OCH3 is 1. The van der Waals surface area contributed by atoms with Crippen LogP contribution in [0, 0.1) is 6.92 Å².